The summed E-state index contributed by atoms with van der Waals surface area (Å²) in [7, 11) is -3.62. The largest absolute Gasteiger partial charge is 0.341 e. The second kappa shape index (κ2) is 8.33. The third-order valence-electron chi connectivity index (χ3n) is 5.27. The van der Waals surface area contributed by atoms with E-state index in [0.717, 1.165) is 22.6 Å². The standard InChI is InChI=1S/C21H28N2O3S2/c1-14-5-7-18(8-6-14)20-22-19(12-27-20)13-28(25,26)17(4)21(24)23-10-15(2)9-16(3)11-23/h5-8,12,15-17H,9-11,13H2,1-4H3/t15-,16-,17-/m0/s1. The molecule has 0 N–H and O–H groups in total. The number of hydrogen-bond acceptors (Lipinski definition) is 5. The number of aryl methyl sites for hydroxylation is 1. The summed E-state index contributed by atoms with van der Waals surface area (Å²) in [4.78, 5) is 19.0. The maximum Gasteiger partial charge on any atom is 0.240 e. The van der Waals surface area contributed by atoms with Crippen LogP contribution in [0.3, 0.4) is 0 Å². The Labute approximate surface area is 171 Å². The minimum absolute atomic E-state index is 0.207. The van der Waals surface area contributed by atoms with Gasteiger partial charge in [0.1, 0.15) is 10.3 Å². The molecular weight excluding hydrogens is 392 g/mol. The molecule has 1 fully saturated rings. The Bertz CT molecular complexity index is 925. The highest BCUT2D eigenvalue weighted by Crippen LogP contribution is 2.26. The Morgan fingerprint density at radius 3 is 2.43 bits per heavy atom. The summed E-state index contributed by atoms with van der Waals surface area (Å²) in [5, 5.41) is 1.52. The van der Waals surface area contributed by atoms with E-state index in [4.69, 9.17) is 0 Å². The van der Waals surface area contributed by atoms with Crippen LogP contribution in [0.1, 0.15) is 38.4 Å². The van der Waals surface area contributed by atoms with Crippen LogP contribution in [0.5, 0.6) is 0 Å². The highest BCUT2D eigenvalue weighted by Gasteiger charge is 2.35. The van der Waals surface area contributed by atoms with E-state index in [0.29, 0.717) is 30.6 Å². The van der Waals surface area contributed by atoms with Crippen molar-refractivity contribution in [3.05, 3.63) is 40.9 Å². The van der Waals surface area contributed by atoms with Crippen molar-refractivity contribution in [3.8, 4) is 10.6 Å². The highest BCUT2D eigenvalue weighted by molar-refractivity contribution is 7.92. The van der Waals surface area contributed by atoms with E-state index < -0.39 is 15.1 Å². The van der Waals surface area contributed by atoms with Crippen LogP contribution in [0, 0.1) is 18.8 Å². The summed E-state index contributed by atoms with van der Waals surface area (Å²) < 4.78 is 25.7. The molecule has 1 aromatic carbocycles. The maximum absolute atomic E-state index is 12.9. The number of hydrogen-bond donors (Lipinski definition) is 0. The van der Waals surface area contributed by atoms with Crippen molar-refractivity contribution in [1.82, 2.24) is 9.88 Å². The Balaban J connectivity index is 1.71. The van der Waals surface area contributed by atoms with Gasteiger partial charge in [0.15, 0.2) is 9.84 Å². The summed E-state index contributed by atoms with van der Waals surface area (Å²) in [6.45, 7) is 9.02. The SMILES string of the molecule is Cc1ccc(-c2nc(CS(=O)(=O)[C@@H](C)C(=O)N3C[C@@H](C)C[C@H](C)C3)cs2)cc1. The molecule has 0 aliphatic carbocycles. The van der Waals surface area contributed by atoms with Gasteiger partial charge in [-0.05, 0) is 32.1 Å². The molecular formula is C21H28N2O3S2. The van der Waals surface area contributed by atoms with Crippen molar-refractivity contribution in [3.63, 3.8) is 0 Å². The van der Waals surface area contributed by atoms with Crippen molar-refractivity contribution in [2.24, 2.45) is 11.8 Å². The number of thiazole rings is 1. The first-order valence-electron chi connectivity index (χ1n) is 9.67. The van der Waals surface area contributed by atoms with E-state index in [-0.39, 0.29) is 11.7 Å². The number of nitrogens with zero attached hydrogens (tertiary/aromatic N) is 2. The lowest BCUT2D eigenvalue weighted by Gasteiger charge is -2.36. The summed E-state index contributed by atoms with van der Waals surface area (Å²) >= 11 is 1.43. The van der Waals surface area contributed by atoms with Crippen LogP contribution in [-0.4, -0.2) is 42.5 Å². The molecule has 1 saturated heterocycles. The number of rotatable bonds is 5. The molecule has 1 aliphatic rings. The van der Waals surface area contributed by atoms with Gasteiger partial charge < -0.3 is 4.90 Å². The lowest BCUT2D eigenvalue weighted by atomic mass is 9.92. The molecule has 5 nitrogen and oxygen atoms in total. The first-order chi connectivity index (χ1) is 13.2. The molecule has 7 heteroatoms. The van der Waals surface area contributed by atoms with E-state index in [9.17, 15) is 13.2 Å². The van der Waals surface area contributed by atoms with Gasteiger partial charge >= 0.3 is 0 Å². The van der Waals surface area contributed by atoms with E-state index in [2.05, 4.69) is 18.8 Å². The van der Waals surface area contributed by atoms with Crippen LogP contribution in [0.25, 0.3) is 10.6 Å². The zero-order chi connectivity index (χ0) is 20.5. The summed E-state index contributed by atoms with van der Waals surface area (Å²) in [5.74, 6) is 0.310. The number of aromatic nitrogens is 1. The topological polar surface area (TPSA) is 67.3 Å². The van der Waals surface area contributed by atoms with Gasteiger partial charge in [0.25, 0.3) is 0 Å². The fourth-order valence-corrected chi connectivity index (χ4v) is 5.98. The predicted octanol–water partition coefficient (Wildman–Crippen LogP) is 3.93. The number of amides is 1. The molecule has 0 bridgehead atoms. The molecule has 28 heavy (non-hydrogen) atoms. The molecule has 3 rings (SSSR count). The fourth-order valence-electron chi connectivity index (χ4n) is 3.79. The van der Waals surface area contributed by atoms with Gasteiger partial charge in [0.05, 0.1) is 11.4 Å². The van der Waals surface area contributed by atoms with Crippen LogP contribution < -0.4 is 0 Å². The Morgan fingerprint density at radius 2 is 1.82 bits per heavy atom. The lowest BCUT2D eigenvalue weighted by molar-refractivity contribution is -0.133. The average Bonchev–Trinajstić information content (AvgIpc) is 3.08. The van der Waals surface area contributed by atoms with Crippen LogP contribution in [0.2, 0.25) is 0 Å². The van der Waals surface area contributed by atoms with E-state index >= 15 is 0 Å². The summed E-state index contributed by atoms with van der Waals surface area (Å²) in [6.07, 6.45) is 1.07. The quantitative estimate of drug-likeness (QED) is 0.735. The third kappa shape index (κ3) is 4.81. The fraction of sp³-hybridized carbons (Fsp3) is 0.524. The minimum Gasteiger partial charge on any atom is -0.341 e. The van der Waals surface area contributed by atoms with E-state index in [1.807, 2.05) is 31.2 Å². The van der Waals surface area contributed by atoms with Crippen molar-refractivity contribution >= 4 is 27.1 Å². The number of sulfone groups is 1. The third-order valence-corrected chi connectivity index (χ3v) is 8.18. The van der Waals surface area contributed by atoms with Crippen molar-refractivity contribution < 1.29 is 13.2 Å². The first-order valence-corrected chi connectivity index (χ1v) is 12.3. The predicted molar refractivity (Wildman–Crippen MR) is 114 cm³/mol. The smallest absolute Gasteiger partial charge is 0.240 e. The van der Waals surface area contributed by atoms with Gasteiger partial charge in [-0.15, -0.1) is 11.3 Å². The van der Waals surface area contributed by atoms with Crippen LogP contribution >= 0.6 is 11.3 Å². The van der Waals surface area contributed by atoms with E-state index in [1.54, 1.807) is 10.3 Å². The van der Waals surface area contributed by atoms with Crippen LogP contribution in [0.4, 0.5) is 0 Å². The normalized spacial score (nSPS) is 21.5. The Kier molecular flexibility index (Phi) is 6.25. The summed E-state index contributed by atoms with van der Waals surface area (Å²) in [5.41, 5.74) is 2.64. The van der Waals surface area contributed by atoms with Crippen molar-refractivity contribution in [2.75, 3.05) is 13.1 Å². The number of carbonyl (C=O) groups is 1. The molecule has 1 amide bonds. The Morgan fingerprint density at radius 1 is 1.21 bits per heavy atom. The molecule has 1 aromatic heterocycles. The number of benzene rings is 1. The number of piperidine rings is 1. The minimum atomic E-state index is -3.62. The zero-order valence-electron chi connectivity index (χ0n) is 16.9. The zero-order valence-corrected chi connectivity index (χ0v) is 18.5. The van der Waals surface area contributed by atoms with Crippen LogP contribution in [0.15, 0.2) is 29.6 Å². The van der Waals surface area contributed by atoms with Gasteiger partial charge in [-0.3, -0.25) is 4.79 Å². The molecule has 0 unspecified atom stereocenters. The Hall–Kier alpha value is -1.73. The molecule has 0 spiro atoms. The lowest BCUT2D eigenvalue weighted by Crippen LogP contribution is -2.48. The molecule has 152 valence electrons. The van der Waals surface area contributed by atoms with Crippen molar-refractivity contribution in [2.45, 2.75) is 45.1 Å². The average molecular weight is 421 g/mol. The molecule has 1 aliphatic heterocycles. The first kappa shape index (κ1) is 21.0. The van der Waals surface area contributed by atoms with E-state index in [1.165, 1.54) is 18.3 Å². The number of carbonyl (C=O) groups excluding carboxylic acids is 1. The summed E-state index contributed by atoms with van der Waals surface area (Å²) in [6, 6.07) is 7.98. The van der Waals surface area contributed by atoms with Gasteiger partial charge in [-0.1, -0.05) is 43.7 Å². The number of likely N-dealkylation sites (tertiary alicyclic amines) is 1. The second-order valence-corrected chi connectivity index (χ2v) is 11.3. The monoisotopic (exact) mass is 420 g/mol. The highest BCUT2D eigenvalue weighted by atomic mass is 32.2. The maximum atomic E-state index is 12.9. The van der Waals surface area contributed by atoms with Gasteiger partial charge in [0.2, 0.25) is 5.91 Å². The molecule has 0 radical (unpaired) electrons. The van der Waals surface area contributed by atoms with Gasteiger partial charge in [-0.2, -0.15) is 0 Å². The second-order valence-electron chi connectivity index (χ2n) is 8.15. The van der Waals surface area contributed by atoms with Gasteiger partial charge in [0, 0.05) is 24.0 Å². The molecule has 3 atom stereocenters. The van der Waals surface area contributed by atoms with Gasteiger partial charge in [-0.25, -0.2) is 13.4 Å². The van der Waals surface area contributed by atoms with Crippen LogP contribution in [-0.2, 0) is 20.4 Å². The molecule has 0 saturated carbocycles. The van der Waals surface area contributed by atoms with Crippen molar-refractivity contribution in [1.29, 1.82) is 0 Å². The molecule has 2 heterocycles. The molecule has 2 aromatic rings.